The van der Waals surface area contributed by atoms with Gasteiger partial charge in [-0.15, -0.1) is 0 Å². The number of nitrogens with one attached hydrogen (secondary N) is 1. The third-order valence-electron chi connectivity index (χ3n) is 6.02. The lowest BCUT2D eigenvalue weighted by molar-refractivity contribution is 0.0497. The predicted molar refractivity (Wildman–Crippen MR) is 138 cm³/mol. The van der Waals surface area contributed by atoms with Gasteiger partial charge in [0, 0.05) is 5.69 Å². The van der Waals surface area contributed by atoms with Crippen LogP contribution in [0.3, 0.4) is 0 Å². The summed E-state index contributed by atoms with van der Waals surface area (Å²) in [5, 5.41) is 13.4. The second-order valence-electron chi connectivity index (χ2n) is 8.96. The minimum atomic E-state index is -0.383. The molecule has 182 valence electrons. The molecule has 4 heteroatoms. The number of ether oxygens (including phenoxy) is 1. The Balaban J connectivity index is 1.48. The average Bonchev–Trinajstić information content (AvgIpc) is 2.83. The van der Waals surface area contributed by atoms with Crippen LogP contribution in [-0.2, 0) is 4.74 Å². The van der Waals surface area contributed by atoms with Crippen LogP contribution in [0, 0.1) is 0 Å². The molecule has 33 heavy (non-hydrogen) atoms. The van der Waals surface area contributed by atoms with Crippen molar-refractivity contribution in [3.05, 3.63) is 54.1 Å². The molecule has 0 aliphatic heterocycles. The first-order valence-electron chi connectivity index (χ1n) is 13.0. The van der Waals surface area contributed by atoms with Gasteiger partial charge in [-0.1, -0.05) is 109 Å². The fraction of sp³-hybridized carbons (Fsp3) is 0.552. The number of hydrogen-bond donors (Lipinski definition) is 2. The largest absolute Gasteiger partial charge is 0.506 e. The summed E-state index contributed by atoms with van der Waals surface area (Å²) in [6.45, 7) is 2.70. The van der Waals surface area contributed by atoms with Gasteiger partial charge in [0.25, 0.3) is 0 Å². The van der Waals surface area contributed by atoms with Crippen molar-refractivity contribution in [2.45, 2.75) is 96.8 Å². The van der Waals surface area contributed by atoms with Crippen molar-refractivity contribution in [1.82, 2.24) is 0 Å². The monoisotopic (exact) mass is 453 g/mol. The number of anilines is 2. The molecule has 0 saturated carbocycles. The number of phenolic OH excluding ortho intramolecular Hbond substituents is 1. The number of para-hydroxylation sites is 1. The molecule has 0 radical (unpaired) electrons. The summed E-state index contributed by atoms with van der Waals surface area (Å²) in [5.74, 6) is -0.351. The Kier molecular flexibility index (Phi) is 13.8. The van der Waals surface area contributed by atoms with Crippen molar-refractivity contribution in [3.8, 4) is 5.75 Å². The fourth-order valence-electron chi connectivity index (χ4n) is 3.99. The quantitative estimate of drug-likeness (QED) is 0.134. The van der Waals surface area contributed by atoms with Crippen LogP contribution < -0.4 is 5.32 Å². The van der Waals surface area contributed by atoms with E-state index in [1.54, 1.807) is 12.1 Å². The van der Waals surface area contributed by atoms with Crippen molar-refractivity contribution < 1.29 is 14.6 Å². The van der Waals surface area contributed by atoms with Crippen LogP contribution in [0.25, 0.3) is 0 Å². The van der Waals surface area contributed by atoms with Crippen LogP contribution in [0.15, 0.2) is 48.5 Å². The van der Waals surface area contributed by atoms with Crippen molar-refractivity contribution >= 4 is 17.3 Å². The summed E-state index contributed by atoms with van der Waals surface area (Å²) in [6.07, 6.45) is 18.2. The van der Waals surface area contributed by atoms with Gasteiger partial charge in [0.2, 0.25) is 0 Å². The van der Waals surface area contributed by atoms with E-state index < -0.39 is 0 Å². The van der Waals surface area contributed by atoms with Crippen molar-refractivity contribution in [3.63, 3.8) is 0 Å². The maximum Gasteiger partial charge on any atom is 0.338 e. The zero-order valence-electron chi connectivity index (χ0n) is 20.5. The summed E-state index contributed by atoms with van der Waals surface area (Å²) in [4.78, 5) is 12.2. The van der Waals surface area contributed by atoms with Crippen LogP contribution in [0.2, 0.25) is 0 Å². The van der Waals surface area contributed by atoms with Crippen LogP contribution >= 0.6 is 0 Å². The molecule has 0 aromatic heterocycles. The maximum absolute atomic E-state index is 12.2. The van der Waals surface area contributed by atoms with Crippen LogP contribution in [0.5, 0.6) is 5.75 Å². The minimum absolute atomic E-state index is 0.0322. The Morgan fingerprint density at radius 1 is 0.758 bits per heavy atom. The molecule has 4 nitrogen and oxygen atoms in total. The average molecular weight is 454 g/mol. The molecule has 0 fully saturated rings. The van der Waals surface area contributed by atoms with Gasteiger partial charge >= 0.3 is 5.97 Å². The van der Waals surface area contributed by atoms with Gasteiger partial charge in [-0.25, -0.2) is 4.79 Å². The molecule has 0 saturated heterocycles. The van der Waals surface area contributed by atoms with Crippen LogP contribution in [0.1, 0.15) is 107 Å². The van der Waals surface area contributed by atoms with Crippen molar-refractivity contribution in [2.24, 2.45) is 0 Å². The zero-order valence-corrected chi connectivity index (χ0v) is 20.5. The fourth-order valence-corrected chi connectivity index (χ4v) is 3.99. The van der Waals surface area contributed by atoms with Gasteiger partial charge in [-0.05, 0) is 36.8 Å². The Labute approximate surface area is 200 Å². The smallest absolute Gasteiger partial charge is 0.338 e. The van der Waals surface area contributed by atoms with E-state index in [0.29, 0.717) is 17.9 Å². The second kappa shape index (κ2) is 17.0. The van der Waals surface area contributed by atoms with E-state index >= 15 is 0 Å². The van der Waals surface area contributed by atoms with E-state index in [0.717, 1.165) is 18.5 Å². The van der Waals surface area contributed by atoms with E-state index in [2.05, 4.69) is 12.2 Å². The number of unbranched alkanes of at least 4 members (excludes halogenated alkanes) is 13. The lowest BCUT2D eigenvalue weighted by Gasteiger charge is -2.10. The number of benzene rings is 2. The molecule has 2 rings (SSSR count). The third kappa shape index (κ3) is 11.8. The SMILES string of the molecule is CCCCCCCCCCCCCCCCOC(=O)c1ccc(Nc2ccccc2)c(O)c1. The van der Waals surface area contributed by atoms with Gasteiger partial charge in [0.15, 0.2) is 0 Å². The minimum Gasteiger partial charge on any atom is -0.506 e. The molecule has 0 heterocycles. The normalized spacial score (nSPS) is 10.8. The molecule has 2 aromatic rings. The standard InChI is InChI=1S/C29H43NO3/c1-2-3-4-5-6-7-8-9-10-11-12-13-14-18-23-33-29(32)25-21-22-27(28(31)24-25)30-26-19-16-15-17-20-26/h15-17,19-22,24,30-31H,2-14,18,23H2,1H3. The summed E-state index contributed by atoms with van der Waals surface area (Å²) in [6, 6.07) is 14.4. The molecule has 0 unspecified atom stereocenters. The third-order valence-corrected chi connectivity index (χ3v) is 6.02. The lowest BCUT2D eigenvalue weighted by Crippen LogP contribution is -2.06. The Morgan fingerprint density at radius 3 is 1.85 bits per heavy atom. The van der Waals surface area contributed by atoms with E-state index in [1.807, 2.05) is 30.3 Å². The van der Waals surface area contributed by atoms with Crippen LogP contribution in [-0.4, -0.2) is 17.7 Å². The highest BCUT2D eigenvalue weighted by atomic mass is 16.5. The number of esters is 1. The second-order valence-corrected chi connectivity index (χ2v) is 8.96. The van der Waals surface area contributed by atoms with E-state index in [-0.39, 0.29) is 11.7 Å². The molecule has 0 spiro atoms. The first-order valence-corrected chi connectivity index (χ1v) is 13.0. The molecule has 0 amide bonds. The molecular weight excluding hydrogens is 410 g/mol. The molecule has 2 aromatic carbocycles. The van der Waals surface area contributed by atoms with Gasteiger partial charge in [-0.2, -0.15) is 0 Å². The van der Waals surface area contributed by atoms with Crippen molar-refractivity contribution in [1.29, 1.82) is 0 Å². The first-order chi connectivity index (χ1) is 16.2. The van der Waals surface area contributed by atoms with Crippen LogP contribution in [0.4, 0.5) is 11.4 Å². The first kappa shape index (κ1) is 26.8. The summed E-state index contributed by atoms with van der Waals surface area (Å²) in [7, 11) is 0. The van der Waals surface area contributed by atoms with Crippen molar-refractivity contribution in [2.75, 3.05) is 11.9 Å². The van der Waals surface area contributed by atoms with E-state index in [4.69, 9.17) is 4.74 Å². The molecule has 0 aliphatic rings. The van der Waals surface area contributed by atoms with Gasteiger partial charge in [0.05, 0.1) is 17.9 Å². The maximum atomic E-state index is 12.2. The Bertz CT molecular complexity index is 776. The molecule has 0 atom stereocenters. The lowest BCUT2D eigenvalue weighted by atomic mass is 10.0. The summed E-state index contributed by atoms with van der Waals surface area (Å²) >= 11 is 0. The number of rotatable bonds is 18. The molecular formula is C29H43NO3. The highest BCUT2D eigenvalue weighted by molar-refractivity contribution is 5.91. The number of carbonyl (C=O) groups excluding carboxylic acids is 1. The Hall–Kier alpha value is -2.49. The van der Waals surface area contributed by atoms with Gasteiger partial charge in [0.1, 0.15) is 5.75 Å². The topological polar surface area (TPSA) is 58.6 Å². The number of phenols is 1. The van der Waals surface area contributed by atoms with Gasteiger partial charge < -0.3 is 15.2 Å². The van der Waals surface area contributed by atoms with Gasteiger partial charge in [-0.3, -0.25) is 0 Å². The molecule has 2 N–H and O–H groups in total. The van der Waals surface area contributed by atoms with E-state index in [9.17, 15) is 9.90 Å². The highest BCUT2D eigenvalue weighted by Gasteiger charge is 2.10. The number of carbonyl (C=O) groups is 1. The Morgan fingerprint density at radius 2 is 1.30 bits per heavy atom. The zero-order chi connectivity index (χ0) is 23.6. The number of aromatic hydroxyl groups is 1. The summed E-state index contributed by atoms with van der Waals surface area (Å²) < 4.78 is 5.38. The molecule has 0 bridgehead atoms. The number of hydrogen-bond acceptors (Lipinski definition) is 4. The highest BCUT2D eigenvalue weighted by Crippen LogP contribution is 2.28. The molecule has 0 aliphatic carbocycles. The summed E-state index contributed by atoms with van der Waals surface area (Å²) in [5.41, 5.74) is 1.81. The van der Waals surface area contributed by atoms with E-state index in [1.165, 1.54) is 83.1 Å². The predicted octanol–water partition coefficient (Wildman–Crippen LogP) is 8.77.